The zero-order valence-electron chi connectivity index (χ0n) is 58.4. The molecule has 0 aromatic carbocycles. The number of quaternary nitrogens is 1. The van der Waals surface area contributed by atoms with Crippen molar-refractivity contribution in [3.8, 4) is 0 Å². The number of rotatable bonds is 69. The van der Waals surface area contributed by atoms with Crippen LogP contribution in [0.4, 0.5) is 0 Å². The van der Waals surface area contributed by atoms with Crippen molar-refractivity contribution < 1.29 is 42.9 Å². The van der Waals surface area contributed by atoms with Gasteiger partial charge in [-0.15, -0.1) is 0 Å². The first-order chi connectivity index (χ1) is 43.1. The molecular formula is C79H142NO8+. The Labute approximate surface area is 544 Å². The number of carbonyl (C=O) groups excluding carboxylic acids is 2. The van der Waals surface area contributed by atoms with Crippen molar-refractivity contribution in [2.24, 2.45) is 0 Å². The molecule has 0 heterocycles. The van der Waals surface area contributed by atoms with Crippen LogP contribution in [0.25, 0.3) is 0 Å². The Morgan fingerprint density at radius 3 is 0.966 bits per heavy atom. The zero-order valence-corrected chi connectivity index (χ0v) is 58.4. The summed E-state index contributed by atoms with van der Waals surface area (Å²) in [6.45, 7) is 4.82. The van der Waals surface area contributed by atoms with E-state index >= 15 is 0 Å². The van der Waals surface area contributed by atoms with E-state index in [9.17, 15) is 19.5 Å². The molecule has 0 aromatic rings. The Kier molecular flexibility index (Phi) is 66.6. The molecule has 2 atom stereocenters. The number of aliphatic carboxylic acids is 1. The molecule has 0 aliphatic carbocycles. The first-order valence-electron chi connectivity index (χ1n) is 37.3. The number of esters is 2. The van der Waals surface area contributed by atoms with E-state index < -0.39 is 18.4 Å². The van der Waals surface area contributed by atoms with E-state index in [-0.39, 0.29) is 38.2 Å². The Morgan fingerprint density at radius 2 is 0.648 bits per heavy atom. The number of allylic oxidation sites excluding steroid dienone is 14. The van der Waals surface area contributed by atoms with Crippen LogP contribution in [-0.2, 0) is 33.3 Å². The van der Waals surface area contributed by atoms with Crippen LogP contribution >= 0.6 is 0 Å². The molecule has 0 amide bonds. The van der Waals surface area contributed by atoms with Gasteiger partial charge in [0, 0.05) is 12.8 Å². The standard InChI is InChI=1S/C79H141NO8/c1-6-8-10-12-14-16-18-20-22-24-26-28-30-32-33-34-35-36-37-38-39-40-41-42-43-44-45-46-48-50-52-54-56-58-60-62-64-66-68-70-77(82)88-75(74-87-79(78(83)84)85-72-71-80(3,4)5)73-86-76(81)69-67-65-63-61-59-57-55-53-51-49-47-31-29-27-25-23-21-19-17-15-13-11-9-7-2/h8,10,14,16,20,22,26,28,32-33,35-36,38-39,75,79H,6-7,9,11-13,15,17-19,21,23-25,27,29-31,34,37,40-74H2,1-5H3/p+1/b10-8-,16-14-,22-20-,28-26-,33-32-,36-35-,39-38-. The molecule has 0 saturated carbocycles. The predicted octanol–water partition coefficient (Wildman–Crippen LogP) is 23.4. The molecule has 0 radical (unpaired) electrons. The van der Waals surface area contributed by atoms with Gasteiger partial charge in [0.2, 0.25) is 0 Å². The fourth-order valence-corrected chi connectivity index (χ4v) is 10.8. The summed E-state index contributed by atoms with van der Waals surface area (Å²) < 4.78 is 23.0. The van der Waals surface area contributed by atoms with Gasteiger partial charge in [-0.05, 0) is 70.6 Å². The molecule has 0 aromatic heterocycles. The first-order valence-corrected chi connectivity index (χ1v) is 37.3. The van der Waals surface area contributed by atoms with Gasteiger partial charge in [-0.25, -0.2) is 4.79 Å². The summed E-state index contributed by atoms with van der Waals surface area (Å²) in [7, 11) is 5.99. The average Bonchev–Trinajstić information content (AvgIpc) is 3.52. The largest absolute Gasteiger partial charge is 0.477 e. The molecule has 510 valence electrons. The highest BCUT2D eigenvalue weighted by Gasteiger charge is 2.25. The molecule has 0 spiro atoms. The number of ether oxygens (including phenoxy) is 4. The van der Waals surface area contributed by atoms with Gasteiger partial charge in [0.25, 0.3) is 6.29 Å². The molecule has 0 aliphatic rings. The molecule has 88 heavy (non-hydrogen) atoms. The maximum absolute atomic E-state index is 13.0. The topological polar surface area (TPSA) is 108 Å². The maximum Gasteiger partial charge on any atom is 0.361 e. The number of nitrogens with zero attached hydrogens (tertiary/aromatic N) is 1. The summed E-state index contributed by atoms with van der Waals surface area (Å²) in [6, 6.07) is 0. The van der Waals surface area contributed by atoms with Gasteiger partial charge < -0.3 is 28.5 Å². The Hall–Kier alpha value is -3.53. The van der Waals surface area contributed by atoms with Gasteiger partial charge in [0.05, 0.1) is 34.4 Å². The van der Waals surface area contributed by atoms with E-state index in [1.165, 1.54) is 231 Å². The number of carboxylic acid groups (broad SMARTS) is 1. The van der Waals surface area contributed by atoms with Gasteiger partial charge in [0.15, 0.2) is 6.10 Å². The van der Waals surface area contributed by atoms with Gasteiger partial charge in [-0.2, -0.15) is 0 Å². The van der Waals surface area contributed by atoms with Crippen molar-refractivity contribution >= 4 is 17.9 Å². The van der Waals surface area contributed by atoms with Crippen LogP contribution in [0, 0.1) is 0 Å². The van der Waals surface area contributed by atoms with Crippen LogP contribution in [0.1, 0.15) is 341 Å². The number of carboxylic acids is 1. The van der Waals surface area contributed by atoms with Crippen molar-refractivity contribution in [2.45, 2.75) is 354 Å². The predicted molar refractivity (Wildman–Crippen MR) is 378 cm³/mol. The van der Waals surface area contributed by atoms with Crippen molar-refractivity contribution in [3.05, 3.63) is 85.1 Å². The molecule has 2 unspecified atom stereocenters. The van der Waals surface area contributed by atoms with E-state index in [0.29, 0.717) is 17.4 Å². The monoisotopic (exact) mass is 1230 g/mol. The molecule has 1 N–H and O–H groups in total. The molecule has 0 bridgehead atoms. The summed E-state index contributed by atoms with van der Waals surface area (Å²) >= 11 is 0. The van der Waals surface area contributed by atoms with Gasteiger partial charge in [-0.3, -0.25) is 9.59 Å². The molecule has 0 saturated heterocycles. The van der Waals surface area contributed by atoms with Gasteiger partial charge in [0.1, 0.15) is 13.2 Å². The number of hydrogen-bond acceptors (Lipinski definition) is 7. The van der Waals surface area contributed by atoms with Crippen molar-refractivity contribution in [1.82, 2.24) is 0 Å². The molecule has 9 nitrogen and oxygen atoms in total. The minimum absolute atomic E-state index is 0.179. The van der Waals surface area contributed by atoms with Crippen molar-refractivity contribution in [1.29, 1.82) is 0 Å². The second-order valence-corrected chi connectivity index (χ2v) is 26.2. The average molecular weight is 1230 g/mol. The third-order valence-electron chi connectivity index (χ3n) is 16.4. The molecule has 0 aliphatic heterocycles. The number of unbranched alkanes of at least 4 members (excludes halogenated alkanes) is 40. The lowest BCUT2D eigenvalue weighted by atomic mass is 10.0. The highest BCUT2D eigenvalue weighted by molar-refractivity contribution is 5.71. The smallest absolute Gasteiger partial charge is 0.361 e. The molecular weight excluding hydrogens is 1090 g/mol. The third kappa shape index (κ3) is 69.9. The van der Waals surface area contributed by atoms with Crippen LogP contribution in [0.3, 0.4) is 0 Å². The Bertz CT molecular complexity index is 1720. The summed E-state index contributed by atoms with van der Waals surface area (Å²) in [5.41, 5.74) is 0. The summed E-state index contributed by atoms with van der Waals surface area (Å²) in [4.78, 5) is 37.7. The van der Waals surface area contributed by atoms with E-state index in [1.807, 2.05) is 21.1 Å². The van der Waals surface area contributed by atoms with E-state index in [4.69, 9.17) is 18.9 Å². The van der Waals surface area contributed by atoms with E-state index in [2.05, 4.69) is 98.9 Å². The van der Waals surface area contributed by atoms with Gasteiger partial charge in [-0.1, -0.05) is 343 Å². The van der Waals surface area contributed by atoms with Crippen LogP contribution in [0.15, 0.2) is 85.1 Å². The van der Waals surface area contributed by atoms with Crippen molar-refractivity contribution in [3.63, 3.8) is 0 Å². The molecule has 0 rings (SSSR count). The number of likely N-dealkylation sites (N-methyl/N-ethyl adjacent to an activating group) is 1. The second kappa shape index (κ2) is 69.4. The fraction of sp³-hybridized carbons (Fsp3) is 0.785. The van der Waals surface area contributed by atoms with Gasteiger partial charge >= 0.3 is 17.9 Å². The van der Waals surface area contributed by atoms with Crippen LogP contribution in [0.2, 0.25) is 0 Å². The van der Waals surface area contributed by atoms with E-state index in [0.717, 1.165) is 83.5 Å². The lowest BCUT2D eigenvalue weighted by Crippen LogP contribution is -2.40. The minimum atomic E-state index is -1.51. The summed E-state index contributed by atoms with van der Waals surface area (Å²) in [5.74, 6) is -1.98. The molecule has 9 heteroatoms. The Morgan fingerprint density at radius 1 is 0.352 bits per heavy atom. The highest BCUT2D eigenvalue weighted by Crippen LogP contribution is 2.19. The number of hydrogen-bond donors (Lipinski definition) is 1. The SMILES string of the molecule is CC/C=C\C/C=C\C/C=C\C/C=C\C/C=C\C/C=C\C/C=C\CCCCCCCCCCCCCCCCCCCC(=O)OC(COC(=O)CCCCCCCCCCCCCCCCCCCCCCCCCC)COC(OCC[N+](C)(C)C)C(=O)O. The quantitative estimate of drug-likeness (QED) is 0.0211. The Balaban J connectivity index is 4.03. The van der Waals surface area contributed by atoms with E-state index in [1.54, 1.807) is 0 Å². The summed E-state index contributed by atoms with van der Waals surface area (Å²) in [5, 5.41) is 9.76. The lowest BCUT2D eigenvalue weighted by molar-refractivity contribution is -0.870. The summed E-state index contributed by atoms with van der Waals surface area (Å²) in [6.07, 6.45) is 91.4. The fourth-order valence-electron chi connectivity index (χ4n) is 10.8. The normalized spacial score (nSPS) is 13.1. The van der Waals surface area contributed by atoms with Crippen LogP contribution in [0.5, 0.6) is 0 Å². The number of carbonyl (C=O) groups is 3. The van der Waals surface area contributed by atoms with Crippen LogP contribution < -0.4 is 0 Å². The first kappa shape index (κ1) is 84.5. The zero-order chi connectivity index (χ0) is 64.0. The molecule has 0 fully saturated rings. The minimum Gasteiger partial charge on any atom is -0.477 e. The maximum atomic E-state index is 13.0. The highest BCUT2D eigenvalue weighted by atomic mass is 16.7. The second-order valence-electron chi connectivity index (χ2n) is 26.2. The third-order valence-corrected chi connectivity index (χ3v) is 16.4. The lowest BCUT2D eigenvalue weighted by Gasteiger charge is -2.25. The van der Waals surface area contributed by atoms with Crippen molar-refractivity contribution in [2.75, 3.05) is 47.5 Å². The van der Waals surface area contributed by atoms with Crippen LogP contribution in [-0.4, -0.2) is 87.4 Å².